The fourth-order valence-corrected chi connectivity index (χ4v) is 3.03. The van der Waals surface area contributed by atoms with Gasteiger partial charge in [-0.2, -0.15) is 0 Å². The average molecular weight is 238 g/mol. The Balaban J connectivity index is 1.92. The topological polar surface area (TPSA) is 30.3 Å². The summed E-state index contributed by atoms with van der Waals surface area (Å²) in [6.45, 7) is 5.49. The van der Waals surface area contributed by atoms with Crippen LogP contribution in [-0.4, -0.2) is 32.8 Å². The highest BCUT2D eigenvalue weighted by Gasteiger charge is 2.34. The Morgan fingerprint density at radius 2 is 2.12 bits per heavy atom. The summed E-state index contributed by atoms with van der Waals surface area (Å²) in [5.41, 5.74) is 2.12. The van der Waals surface area contributed by atoms with Gasteiger partial charge in [0.25, 0.3) is 0 Å². The largest absolute Gasteiger partial charge is 0.370 e. The molecule has 0 saturated carbocycles. The highest BCUT2D eigenvalue weighted by atomic mass is 19.1. The van der Waals surface area contributed by atoms with Crippen LogP contribution >= 0.6 is 0 Å². The standard InChI is InChI=1S/C13H17FN2O/c14-11-3-1-2-10-8-15-9-12(13(10)11)16-4-6-17-7-5-16/h1-3,12,15H,4-9H2/p+2/t12-/m0/s1. The van der Waals surface area contributed by atoms with Crippen LogP contribution in [0.15, 0.2) is 18.2 Å². The summed E-state index contributed by atoms with van der Waals surface area (Å²) >= 11 is 0. The third kappa shape index (κ3) is 2.08. The van der Waals surface area contributed by atoms with Gasteiger partial charge in [-0.3, -0.25) is 0 Å². The van der Waals surface area contributed by atoms with E-state index in [2.05, 4.69) is 11.4 Å². The molecule has 1 aromatic rings. The number of ether oxygens (including phenoxy) is 1. The summed E-state index contributed by atoms with van der Waals surface area (Å²) < 4.78 is 19.4. The molecule has 0 aliphatic carbocycles. The molecule has 3 nitrogen and oxygen atoms in total. The summed E-state index contributed by atoms with van der Waals surface area (Å²) in [5.74, 6) is -0.0282. The molecule has 3 N–H and O–H groups in total. The maximum absolute atomic E-state index is 14.0. The van der Waals surface area contributed by atoms with Crippen LogP contribution in [0.1, 0.15) is 17.2 Å². The number of halogens is 1. The van der Waals surface area contributed by atoms with Gasteiger partial charge in [0, 0.05) is 5.56 Å². The van der Waals surface area contributed by atoms with Crippen LogP contribution in [0.5, 0.6) is 0 Å². The normalized spacial score (nSPS) is 25.6. The van der Waals surface area contributed by atoms with E-state index in [4.69, 9.17) is 4.74 Å². The molecule has 0 unspecified atom stereocenters. The average Bonchev–Trinajstić information content (AvgIpc) is 2.39. The molecule has 17 heavy (non-hydrogen) atoms. The van der Waals surface area contributed by atoms with Crippen LogP contribution in [0.2, 0.25) is 0 Å². The van der Waals surface area contributed by atoms with Crippen LogP contribution in [0.4, 0.5) is 4.39 Å². The van der Waals surface area contributed by atoms with Crippen molar-refractivity contribution in [3.8, 4) is 0 Å². The second-order valence-corrected chi connectivity index (χ2v) is 4.86. The van der Waals surface area contributed by atoms with Gasteiger partial charge >= 0.3 is 0 Å². The van der Waals surface area contributed by atoms with Gasteiger partial charge in [-0.05, 0) is 6.07 Å². The number of hydrogen-bond donors (Lipinski definition) is 2. The van der Waals surface area contributed by atoms with Crippen LogP contribution in [0.25, 0.3) is 0 Å². The van der Waals surface area contributed by atoms with E-state index in [9.17, 15) is 4.39 Å². The maximum atomic E-state index is 14.0. The third-order valence-corrected chi connectivity index (χ3v) is 3.89. The second-order valence-electron chi connectivity index (χ2n) is 4.86. The van der Waals surface area contributed by atoms with E-state index in [0.29, 0.717) is 6.04 Å². The predicted molar refractivity (Wildman–Crippen MR) is 61.2 cm³/mol. The summed E-state index contributed by atoms with van der Waals surface area (Å²) in [6, 6.07) is 5.76. The Morgan fingerprint density at radius 3 is 2.94 bits per heavy atom. The zero-order valence-corrected chi connectivity index (χ0v) is 9.92. The highest BCUT2D eigenvalue weighted by Crippen LogP contribution is 2.20. The lowest BCUT2D eigenvalue weighted by Crippen LogP contribution is -3.17. The molecule has 1 fully saturated rings. The molecule has 0 bridgehead atoms. The molecule has 2 aliphatic heterocycles. The van der Waals surface area contributed by atoms with Gasteiger partial charge in [-0.25, -0.2) is 4.39 Å². The summed E-state index contributed by atoms with van der Waals surface area (Å²) in [7, 11) is 0. The van der Waals surface area contributed by atoms with Gasteiger partial charge in [-0.15, -0.1) is 0 Å². The summed E-state index contributed by atoms with van der Waals surface area (Å²) in [5, 5.41) is 2.29. The Bertz CT molecular complexity index is 404. The first-order valence-corrected chi connectivity index (χ1v) is 6.37. The van der Waals surface area contributed by atoms with Crippen LogP contribution in [0.3, 0.4) is 0 Å². The number of nitrogens with one attached hydrogen (secondary N) is 1. The van der Waals surface area contributed by atoms with Crippen molar-refractivity contribution in [2.24, 2.45) is 0 Å². The molecule has 0 spiro atoms. The van der Waals surface area contributed by atoms with Crippen molar-refractivity contribution in [1.29, 1.82) is 0 Å². The molecule has 1 atom stereocenters. The zero-order chi connectivity index (χ0) is 11.7. The van der Waals surface area contributed by atoms with E-state index in [0.717, 1.165) is 45.0 Å². The van der Waals surface area contributed by atoms with E-state index in [1.54, 1.807) is 6.07 Å². The lowest BCUT2D eigenvalue weighted by molar-refractivity contribution is -0.954. The van der Waals surface area contributed by atoms with Gasteiger partial charge < -0.3 is 15.0 Å². The van der Waals surface area contributed by atoms with E-state index in [1.165, 1.54) is 10.5 Å². The molecular formula is C13H19FN2O+2. The molecular weight excluding hydrogens is 219 g/mol. The van der Waals surface area contributed by atoms with Gasteiger partial charge in [0.05, 0.1) is 18.8 Å². The van der Waals surface area contributed by atoms with Crippen molar-refractivity contribution in [2.45, 2.75) is 12.6 Å². The van der Waals surface area contributed by atoms with Crippen molar-refractivity contribution in [2.75, 3.05) is 32.8 Å². The summed E-state index contributed by atoms with van der Waals surface area (Å²) in [4.78, 5) is 1.47. The third-order valence-electron chi connectivity index (χ3n) is 3.89. The maximum Gasteiger partial charge on any atom is 0.166 e. The van der Waals surface area contributed by atoms with Crippen LogP contribution in [-0.2, 0) is 11.3 Å². The number of fused-ring (bicyclic) bond motifs is 1. The van der Waals surface area contributed by atoms with Gasteiger partial charge in [0.15, 0.2) is 6.04 Å². The molecule has 0 aromatic heterocycles. The molecule has 1 saturated heterocycles. The fraction of sp³-hybridized carbons (Fsp3) is 0.538. The molecule has 2 aliphatic rings. The molecule has 0 radical (unpaired) electrons. The van der Waals surface area contributed by atoms with E-state index in [1.807, 2.05) is 6.07 Å². The molecule has 4 heteroatoms. The Labute approximate surface area is 101 Å². The van der Waals surface area contributed by atoms with Crippen molar-refractivity contribution in [3.05, 3.63) is 35.1 Å². The number of benzene rings is 1. The van der Waals surface area contributed by atoms with E-state index in [-0.39, 0.29) is 5.82 Å². The molecule has 1 aromatic carbocycles. The number of hydrogen-bond acceptors (Lipinski definition) is 1. The number of quaternary nitrogens is 2. The van der Waals surface area contributed by atoms with Crippen molar-refractivity contribution in [1.82, 2.24) is 0 Å². The van der Waals surface area contributed by atoms with E-state index >= 15 is 0 Å². The molecule has 92 valence electrons. The summed E-state index contributed by atoms with van der Waals surface area (Å²) in [6.07, 6.45) is 0. The number of rotatable bonds is 1. The minimum atomic E-state index is -0.0282. The zero-order valence-electron chi connectivity index (χ0n) is 9.92. The Morgan fingerprint density at radius 1 is 1.29 bits per heavy atom. The Hall–Kier alpha value is -0.970. The van der Waals surface area contributed by atoms with Gasteiger partial charge in [0.2, 0.25) is 0 Å². The van der Waals surface area contributed by atoms with Crippen molar-refractivity contribution in [3.63, 3.8) is 0 Å². The van der Waals surface area contributed by atoms with Crippen LogP contribution in [0, 0.1) is 5.82 Å². The quantitative estimate of drug-likeness (QED) is 0.636. The highest BCUT2D eigenvalue weighted by molar-refractivity contribution is 5.30. The predicted octanol–water partition coefficient (Wildman–Crippen LogP) is -1.14. The smallest absolute Gasteiger partial charge is 0.166 e. The van der Waals surface area contributed by atoms with Crippen LogP contribution < -0.4 is 10.2 Å². The number of nitrogens with two attached hydrogens (primary N) is 1. The first-order chi connectivity index (χ1) is 8.36. The van der Waals surface area contributed by atoms with Crippen molar-refractivity contribution >= 4 is 0 Å². The molecule has 0 amide bonds. The van der Waals surface area contributed by atoms with Gasteiger partial charge in [-0.1, -0.05) is 12.1 Å². The van der Waals surface area contributed by atoms with Gasteiger partial charge in [0.1, 0.15) is 32.0 Å². The second kappa shape index (κ2) is 4.72. The Kier molecular flexibility index (Phi) is 3.09. The minimum absolute atomic E-state index is 0.0282. The lowest BCUT2D eigenvalue weighted by atomic mass is 9.94. The monoisotopic (exact) mass is 238 g/mol. The first-order valence-electron chi connectivity index (χ1n) is 6.37. The SMILES string of the molecule is Fc1cccc2c1[C@@H]([NH+]1CCOCC1)C[NH2+]C2. The van der Waals surface area contributed by atoms with E-state index < -0.39 is 0 Å². The molecule has 2 heterocycles. The van der Waals surface area contributed by atoms with Crippen molar-refractivity contribution < 1.29 is 19.3 Å². The molecule has 3 rings (SSSR count). The minimum Gasteiger partial charge on any atom is -0.370 e. The first kappa shape index (κ1) is 11.1. The lowest BCUT2D eigenvalue weighted by Gasteiger charge is -2.33. The fourth-order valence-electron chi connectivity index (χ4n) is 3.03. The number of morpholine rings is 1.